The van der Waals surface area contributed by atoms with Gasteiger partial charge in [0, 0.05) is 0 Å². The van der Waals surface area contributed by atoms with E-state index in [1.54, 1.807) is 6.92 Å². The fourth-order valence-corrected chi connectivity index (χ4v) is 2.11. The van der Waals surface area contributed by atoms with Crippen molar-refractivity contribution in [2.24, 2.45) is 11.8 Å². The van der Waals surface area contributed by atoms with E-state index < -0.39 is 24.0 Å². The Bertz CT molecular complexity index is 396. The predicted molar refractivity (Wildman–Crippen MR) is 86.7 cm³/mol. The van der Waals surface area contributed by atoms with Crippen LogP contribution in [0.5, 0.6) is 0 Å². The molecule has 0 saturated heterocycles. The molecule has 0 aromatic carbocycles. The minimum absolute atomic E-state index is 0.0588. The van der Waals surface area contributed by atoms with Crippen molar-refractivity contribution in [2.75, 3.05) is 20.3 Å². The summed E-state index contributed by atoms with van der Waals surface area (Å²) >= 11 is 0. The van der Waals surface area contributed by atoms with Gasteiger partial charge in [-0.05, 0) is 25.2 Å². The summed E-state index contributed by atoms with van der Waals surface area (Å²) in [6.07, 6.45) is 0.557. The summed E-state index contributed by atoms with van der Waals surface area (Å²) in [6, 6.07) is -1.17. The van der Waals surface area contributed by atoms with Crippen LogP contribution in [0.2, 0.25) is 0 Å². The van der Waals surface area contributed by atoms with Crippen molar-refractivity contribution in [3.05, 3.63) is 0 Å². The Balaban J connectivity index is 4.83. The molecule has 0 spiro atoms. The van der Waals surface area contributed by atoms with Crippen LogP contribution in [0.4, 0.5) is 0 Å². The van der Waals surface area contributed by atoms with E-state index in [0.29, 0.717) is 6.42 Å². The molecule has 2 N–H and O–H groups in total. The van der Waals surface area contributed by atoms with E-state index in [2.05, 4.69) is 10.6 Å². The Morgan fingerprint density at radius 1 is 1.09 bits per heavy atom. The van der Waals surface area contributed by atoms with Crippen LogP contribution in [0.25, 0.3) is 0 Å². The molecule has 0 bridgehead atoms. The lowest BCUT2D eigenvalue weighted by Crippen LogP contribution is -2.54. The second-order valence-corrected chi connectivity index (χ2v) is 6.12. The number of carbonyl (C=O) groups excluding carboxylic acids is 3. The maximum Gasteiger partial charge on any atom is 0.325 e. The van der Waals surface area contributed by atoms with E-state index >= 15 is 0 Å². The van der Waals surface area contributed by atoms with Crippen molar-refractivity contribution in [1.29, 1.82) is 0 Å². The lowest BCUT2D eigenvalue weighted by molar-refractivity contribution is -0.145. The van der Waals surface area contributed by atoms with Gasteiger partial charge in [-0.3, -0.25) is 19.7 Å². The quantitative estimate of drug-likeness (QED) is 0.577. The van der Waals surface area contributed by atoms with Gasteiger partial charge < -0.3 is 14.8 Å². The number of ether oxygens (including phenoxy) is 2. The van der Waals surface area contributed by atoms with Crippen LogP contribution in [0.1, 0.15) is 41.0 Å². The minimum Gasteiger partial charge on any atom is -0.468 e. The summed E-state index contributed by atoms with van der Waals surface area (Å²) in [5.74, 6) is -1.03. The van der Waals surface area contributed by atoms with Gasteiger partial charge >= 0.3 is 11.9 Å². The summed E-state index contributed by atoms with van der Waals surface area (Å²) in [5, 5.41) is 5.59. The van der Waals surface area contributed by atoms with E-state index in [4.69, 9.17) is 9.47 Å². The molecule has 7 nitrogen and oxygen atoms in total. The van der Waals surface area contributed by atoms with Gasteiger partial charge in [-0.25, -0.2) is 0 Å². The first-order chi connectivity index (χ1) is 10.7. The highest BCUT2D eigenvalue weighted by Crippen LogP contribution is 2.10. The highest BCUT2D eigenvalue weighted by atomic mass is 16.5. The molecule has 7 heteroatoms. The van der Waals surface area contributed by atoms with Gasteiger partial charge in [0.1, 0.15) is 12.6 Å². The summed E-state index contributed by atoms with van der Waals surface area (Å²) < 4.78 is 9.57. The molecule has 23 heavy (non-hydrogen) atoms. The number of esters is 2. The lowest BCUT2D eigenvalue weighted by atomic mass is 9.98. The summed E-state index contributed by atoms with van der Waals surface area (Å²) in [5.41, 5.74) is 0. The summed E-state index contributed by atoms with van der Waals surface area (Å²) in [6.45, 7) is 9.48. The zero-order valence-corrected chi connectivity index (χ0v) is 15.0. The Kier molecular flexibility index (Phi) is 10.2. The standard InChI is InChI=1S/C16H30N2O5/c1-7-23-13(19)9-17-15(20)14(11(4)5)18-12(8-10(2)3)16(21)22-6/h10-12,14,18H,7-9H2,1-6H3,(H,17,20)/t12-,14-/m0/s1. The average molecular weight is 330 g/mol. The third-order valence-corrected chi connectivity index (χ3v) is 3.23. The van der Waals surface area contributed by atoms with Gasteiger partial charge in [-0.1, -0.05) is 27.7 Å². The van der Waals surface area contributed by atoms with Crippen molar-refractivity contribution in [3.8, 4) is 0 Å². The van der Waals surface area contributed by atoms with Crippen LogP contribution in [0, 0.1) is 11.8 Å². The third kappa shape index (κ3) is 8.54. The number of hydrogen-bond acceptors (Lipinski definition) is 6. The Morgan fingerprint density at radius 3 is 2.13 bits per heavy atom. The normalized spacial score (nSPS) is 13.6. The van der Waals surface area contributed by atoms with Gasteiger partial charge in [0.25, 0.3) is 0 Å². The van der Waals surface area contributed by atoms with Gasteiger partial charge in [-0.15, -0.1) is 0 Å². The van der Waals surface area contributed by atoms with Crippen molar-refractivity contribution in [1.82, 2.24) is 10.6 Å². The first-order valence-electron chi connectivity index (χ1n) is 8.00. The summed E-state index contributed by atoms with van der Waals surface area (Å²) in [4.78, 5) is 35.5. The second-order valence-electron chi connectivity index (χ2n) is 6.12. The van der Waals surface area contributed by atoms with E-state index in [1.165, 1.54) is 7.11 Å². The summed E-state index contributed by atoms with van der Waals surface area (Å²) in [7, 11) is 1.32. The fraction of sp³-hybridized carbons (Fsp3) is 0.812. The Morgan fingerprint density at radius 2 is 1.70 bits per heavy atom. The van der Waals surface area contributed by atoms with Crippen LogP contribution in [0.3, 0.4) is 0 Å². The van der Waals surface area contributed by atoms with Crippen LogP contribution >= 0.6 is 0 Å². The van der Waals surface area contributed by atoms with Crippen LogP contribution in [-0.4, -0.2) is 50.2 Å². The van der Waals surface area contributed by atoms with E-state index in [9.17, 15) is 14.4 Å². The highest BCUT2D eigenvalue weighted by Gasteiger charge is 2.29. The maximum atomic E-state index is 12.3. The zero-order chi connectivity index (χ0) is 18.0. The van der Waals surface area contributed by atoms with Gasteiger partial charge in [0.2, 0.25) is 5.91 Å². The maximum absolute atomic E-state index is 12.3. The van der Waals surface area contributed by atoms with Crippen molar-refractivity contribution in [3.63, 3.8) is 0 Å². The highest BCUT2D eigenvalue weighted by molar-refractivity contribution is 5.86. The van der Waals surface area contributed by atoms with E-state index in [1.807, 2.05) is 27.7 Å². The molecule has 0 aromatic heterocycles. The molecule has 0 aromatic rings. The molecule has 0 radical (unpaired) electrons. The largest absolute Gasteiger partial charge is 0.468 e. The van der Waals surface area contributed by atoms with Gasteiger partial charge in [-0.2, -0.15) is 0 Å². The number of nitrogens with one attached hydrogen (secondary N) is 2. The number of carbonyl (C=O) groups is 3. The molecule has 0 saturated carbocycles. The van der Waals surface area contributed by atoms with E-state index in [-0.39, 0.29) is 30.9 Å². The Hall–Kier alpha value is -1.63. The smallest absolute Gasteiger partial charge is 0.325 e. The SMILES string of the molecule is CCOC(=O)CNC(=O)[C@@H](N[C@@H](CC(C)C)C(=O)OC)C(C)C. The molecule has 134 valence electrons. The molecule has 0 heterocycles. The lowest BCUT2D eigenvalue weighted by Gasteiger charge is -2.27. The predicted octanol–water partition coefficient (Wildman–Crippen LogP) is 0.868. The molecule has 0 aliphatic heterocycles. The number of amides is 1. The second kappa shape index (κ2) is 11.0. The van der Waals surface area contributed by atoms with Gasteiger partial charge in [0.05, 0.1) is 19.8 Å². The molecule has 0 fully saturated rings. The topological polar surface area (TPSA) is 93.7 Å². The number of hydrogen-bond donors (Lipinski definition) is 2. The number of methoxy groups -OCH3 is 1. The zero-order valence-electron chi connectivity index (χ0n) is 15.0. The molecular weight excluding hydrogens is 300 g/mol. The molecular formula is C16H30N2O5. The fourth-order valence-electron chi connectivity index (χ4n) is 2.11. The first-order valence-corrected chi connectivity index (χ1v) is 8.00. The van der Waals surface area contributed by atoms with Crippen molar-refractivity contribution >= 4 is 17.8 Å². The van der Waals surface area contributed by atoms with E-state index in [0.717, 1.165) is 0 Å². The van der Waals surface area contributed by atoms with Crippen LogP contribution in [-0.2, 0) is 23.9 Å². The molecule has 1 amide bonds. The minimum atomic E-state index is -0.604. The Labute approximate surface area is 138 Å². The van der Waals surface area contributed by atoms with Gasteiger partial charge in [0.15, 0.2) is 0 Å². The number of rotatable bonds is 10. The third-order valence-electron chi connectivity index (χ3n) is 3.23. The molecule has 0 rings (SSSR count). The molecule has 0 aliphatic carbocycles. The van der Waals surface area contributed by atoms with Crippen molar-refractivity contribution in [2.45, 2.75) is 53.1 Å². The average Bonchev–Trinajstić information content (AvgIpc) is 2.47. The van der Waals surface area contributed by atoms with Crippen LogP contribution in [0.15, 0.2) is 0 Å². The monoisotopic (exact) mass is 330 g/mol. The molecule has 2 atom stereocenters. The molecule has 0 aliphatic rings. The first kappa shape index (κ1) is 21.4. The molecule has 0 unspecified atom stereocenters. The van der Waals surface area contributed by atoms with Crippen LogP contribution < -0.4 is 10.6 Å². The van der Waals surface area contributed by atoms with Crippen molar-refractivity contribution < 1.29 is 23.9 Å².